The monoisotopic (exact) mass is 220 g/mol. The molecule has 0 aliphatic heterocycles. The third kappa shape index (κ3) is 2.13. The summed E-state index contributed by atoms with van der Waals surface area (Å²) in [5.41, 5.74) is 0.801. The summed E-state index contributed by atoms with van der Waals surface area (Å²) in [7, 11) is 1.85. The Bertz CT molecular complexity index is 478. The second-order valence-corrected chi connectivity index (χ2v) is 4.22. The van der Waals surface area contributed by atoms with Gasteiger partial charge < -0.3 is 4.74 Å². The van der Waals surface area contributed by atoms with Gasteiger partial charge in [0.25, 0.3) is 0 Å². The minimum atomic E-state index is 0.624. The molecule has 0 radical (unpaired) electrons. The molecule has 2 heterocycles. The van der Waals surface area contributed by atoms with E-state index in [0.717, 1.165) is 17.5 Å². The lowest BCUT2D eigenvalue weighted by Crippen LogP contribution is -2.03. The molecule has 0 aliphatic rings. The van der Waals surface area contributed by atoms with E-state index in [1.807, 2.05) is 7.05 Å². The van der Waals surface area contributed by atoms with Crippen molar-refractivity contribution in [1.29, 1.82) is 0 Å². The van der Waals surface area contributed by atoms with Gasteiger partial charge in [0.15, 0.2) is 5.65 Å². The molecule has 0 N–H and O–H groups in total. The molecule has 2 aromatic rings. The number of nitrogens with zero attached hydrogens (tertiary/aromatic N) is 4. The summed E-state index contributed by atoms with van der Waals surface area (Å²) in [6, 6.07) is 0. The third-order valence-electron chi connectivity index (χ3n) is 2.43. The highest BCUT2D eigenvalue weighted by Crippen LogP contribution is 2.20. The summed E-state index contributed by atoms with van der Waals surface area (Å²) in [4.78, 5) is 8.28. The first-order chi connectivity index (χ1) is 7.68. The van der Waals surface area contributed by atoms with Crippen molar-refractivity contribution in [3.05, 3.63) is 12.5 Å². The molecule has 0 fully saturated rings. The van der Waals surface area contributed by atoms with E-state index in [1.54, 1.807) is 10.9 Å². The van der Waals surface area contributed by atoms with Gasteiger partial charge in [-0.2, -0.15) is 5.10 Å². The van der Waals surface area contributed by atoms with E-state index in [4.69, 9.17) is 4.74 Å². The number of hydrogen-bond acceptors (Lipinski definition) is 4. The fraction of sp³-hybridized carbons (Fsp3) is 0.545. The molecule has 2 aromatic heterocycles. The van der Waals surface area contributed by atoms with Crippen molar-refractivity contribution in [2.24, 2.45) is 13.0 Å². The summed E-state index contributed by atoms with van der Waals surface area (Å²) in [6.07, 6.45) is 4.26. The molecular formula is C11H16N4O. The van der Waals surface area contributed by atoms with Crippen LogP contribution < -0.4 is 4.74 Å². The minimum absolute atomic E-state index is 0.624. The number of ether oxygens (including phenoxy) is 1. The van der Waals surface area contributed by atoms with Crippen LogP contribution in [0.4, 0.5) is 0 Å². The van der Waals surface area contributed by atoms with Crippen molar-refractivity contribution in [3.8, 4) is 5.88 Å². The van der Waals surface area contributed by atoms with Crippen molar-refractivity contribution >= 4 is 11.0 Å². The zero-order chi connectivity index (χ0) is 11.5. The average Bonchev–Trinajstić information content (AvgIpc) is 2.61. The molecule has 0 amide bonds. The summed E-state index contributed by atoms with van der Waals surface area (Å²) in [6.45, 7) is 5.02. The smallest absolute Gasteiger partial charge is 0.227 e. The molecule has 5 heteroatoms. The molecule has 86 valence electrons. The fourth-order valence-corrected chi connectivity index (χ4v) is 1.45. The normalized spacial score (nSPS) is 11.2. The van der Waals surface area contributed by atoms with Crippen LogP contribution >= 0.6 is 0 Å². The maximum absolute atomic E-state index is 5.64. The highest BCUT2D eigenvalue weighted by Gasteiger charge is 2.08. The summed E-state index contributed by atoms with van der Waals surface area (Å²) >= 11 is 0. The zero-order valence-corrected chi connectivity index (χ0v) is 9.84. The Hall–Kier alpha value is -1.65. The first-order valence-corrected chi connectivity index (χ1v) is 5.44. The second kappa shape index (κ2) is 4.47. The van der Waals surface area contributed by atoms with Crippen LogP contribution in [0.2, 0.25) is 0 Å². The summed E-state index contributed by atoms with van der Waals surface area (Å²) < 4.78 is 7.35. The van der Waals surface area contributed by atoms with Gasteiger partial charge in [-0.15, -0.1) is 0 Å². The number of hydrogen-bond donors (Lipinski definition) is 0. The molecule has 2 rings (SSSR count). The Labute approximate surface area is 94.5 Å². The van der Waals surface area contributed by atoms with Gasteiger partial charge in [0.2, 0.25) is 5.88 Å². The first kappa shape index (κ1) is 10.9. The van der Waals surface area contributed by atoms with E-state index in [9.17, 15) is 0 Å². The van der Waals surface area contributed by atoms with Crippen LogP contribution in [-0.2, 0) is 7.05 Å². The molecule has 16 heavy (non-hydrogen) atoms. The molecule has 0 bridgehead atoms. The van der Waals surface area contributed by atoms with Gasteiger partial charge in [0.1, 0.15) is 11.7 Å². The zero-order valence-electron chi connectivity index (χ0n) is 9.84. The number of aryl methyl sites for hydroxylation is 1. The molecule has 0 aromatic carbocycles. The Kier molecular flexibility index (Phi) is 3.03. The van der Waals surface area contributed by atoms with Crippen LogP contribution in [0, 0.1) is 5.92 Å². The van der Waals surface area contributed by atoms with E-state index in [0.29, 0.717) is 18.4 Å². The van der Waals surface area contributed by atoms with Gasteiger partial charge in [-0.1, -0.05) is 13.8 Å². The quantitative estimate of drug-likeness (QED) is 0.788. The van der Waals surface area contributed by atoms with Crippen molar-refractivity contribution in [2.45, 2.75) is 20.3 Å². The Morgan fingerprint density at radius 3 is 2.94 bits per heavy atom. The van der Waals surface area contributed by atoms with E-state index in [-0.39, 0.29) is 0 Å². The minimum Gasteiger partial charge on any atom is -0.477 e. The Morgan fingerprint density at radius 1 is 1.38 bits per heavy atom. The van der Waals surface area contributed by atoms with E-state index in [2.05, 4.69) is 28.9 Å². The SMILES string of the molecule is CC(C)CCOc1ncnc2c1cnn2C. The van der Waals surface area contributed by atoms with Crippen LogP contribution in [0.25, 0.3) is 11.0 Å². The maximum atomic E-state index is 5.64. The largest absolute Gasteiger partial charge is 0.477 e. The molecular weight excluding hydrogens is 204 g/mol. The van der Waals surface area contributed by atoms with Crippen LogP contribution in [0.5, 0.6) is 5.88 Å². The molecule has 0 saturated heterocycles. The topological polar surface area (TPSA) is 52.8 Å². The lowest BCUT2D eigenvalue weighted by molar-refractivity contribution is 0.282. The van der Waals surface area contributed by atoms with Gasteiger partial charge in [0, 0.05) is 7.05 Å². The van der Waals surface area contributed by atoms with Crippen molar-refractivity contribution in [2.75, 3.05) is 6.61 Å². The van der Waals surface area contributed by atoms with Gasteiger partial charge in [0.05, 0.1) is 12.8 Å². The molecule has 0 spiro atoms. The molecule has 0 atom stereocenters. The van der Waals surface area contributed by atoms with Gasteiger partial charge in [-0.05, 0) is 12.3 Å². The fourth-order valence-electron chi connectivity index (χ4n) is 1.45. The average molecular weight is 220 g/mol. The lowest BCUT2D eigenvalue weighted by atomic mass is 10.1. The van der Waals surface area contributed by atoms with E-state index in [1.165, 1.54) is 6.33 Å². The van der Waals surface area contributed by atoms with E-state index < -0.39 is 0 Å². The van der Waals surface area contributed by atoms with Gasteiger partial charge in [-0.25, -0.2) is 9.97 Å². The third-order valence-corrected chi connectivity index (χ3v) is 2.43. The predicted octanol–water partition coefficient (Wildman–Crippen LogP) is 1.79. The van der Waals surface area contributed by atoms with Gasteiger partial charge >= 0.3 is 0 Å². The molecule has 5 nitrogen and oxygen atoms in total. The van der Waals surface area contributed by atoms with E-state index >= 15 is 0 Å². The Morgan fingerprint density at radius 2 is 2.19 bits per heavy atom. The van der Waals surface area contributed by atoms with Crippen LogP contribution in [0.15, 0.2) is 12.5 Å². The molecule has 0 aliphatic carbocycles. The second-order valence-electron chi connectivity index (χ2n) is 4.22. The highest BCUT2D eigenvalue weighted by molar-refractivity contribution is 5.79. The van der Waals surface area contributed by atoms with Crippen molar-refractivity contribution in [3.63, 3.8) is 0 Å². The number of aromatic nitrogens is 4. The first-order valence-electron chi connectivity index (χ1n) is 5.44. The molecule has 0 unspecified atom stereocenters. The van der Waals surface area contributed by atoms with Crippen LogP contribution in [0.3, 0.4) is 0 Å². The Balaban J connectivity index is 2.17. The highest BCUT2D eigenvalue weighted by atomic mass is 16.5. The molecule has 0 saturated carbocycles. The van der Waals surface area contributed by atoms with Crippen LogP contribution in [0.1, 0.15) is 20.3 Å². The van der Waals surface area contributed by atoms with Crippen LogP contribution in [-0.4, -0.2) is 26.4 Å². The maximum Gasteiger partial charge on any atom is 0.227 e. The summed E-state index contributed by atoms with van der Waals surface area (Å²) in [5, 5.41) is 5.00. The predicted molar refractivity (Wildman–Crippen MR) is 61.3 cm³/mol. The lowest BCUT2D eigenvalue weighted by Gasteiger charge is -2.07. The van der Waals surface area contributed by atoms with Crippen molar-refractivity contribution < 1.29 is 4.74 Å². The summed E-state index contributed by atoms with van der Waals surface area (Å²) in [5.74, 6) is 1.25. The van der Waals surface area contributed by atoms with Crippen molar-refractivity contribution in [1.82, 2.24) is 19.7 Å². The van der Waals surface area contributed by atoms with Gasteiger partial charge in [-0.3, -0.25) is 4.68 Å². The number of fused-ring (bicyclic) bond motifs is 1. The standard InChI is InChI=1S/C11H16N4O/c1-8(2)4-5-16-11-9-6-14-15(3)10(9)12-7-13-11/h6-8H,4-5H2,1-3H3. The number of rotatable bonds is 4.